The van der Waals surface area contributed by atoms with E-state index in [4.69, 9.17) is 23.2 Å². The second-order valence-corrected chi connectivity index (χ2v) is 6.20. The highest BCUT2D eigenvalue weighted by atomic mass is 35.5. The van der Waals surface area contributed by atoms with Crippen LogP contribution >= 0.6 is 35.0 Å². The van der Waals surface area contributed by atoms with Gasteiger partial charge in [-0.3, -0.25) is 0 Å². The summed E-state index contributed by atoms with van der Waals surface area (Å²) in [6, 6.07) is 2.13. The monoisotopic (exact) mass is 321 g/mol. The Morgan fingerprint density at radius 1 is 1.42 bits per heavy atom. The zero-order valence-electron chi connectivity index (χ0n) is 11.8. The fourth-order valence-corrected chi connectivity index (χ4v) is 2.82. The van der Waals surface area contributed by atoms with Gasteiger partial charge in [0, 0.05) is 19.6 Å². The van der Waals surface area contributed by atoms with E-state index in [1.807, 2.05) is 25.7 Å². The molecule has 6 heteroatoms. The van der Waals surface area contributed by atoms with Crippen molar-refractivity contribution in [3.8, 4) is 0 Å². The minimum atomic E-state index is 0.383. The number of thioether (sulfide) groups is 1. The molecule has 1 rings (SSSR count). The van der Waals surface area contributed by atoms with E-state index in [9.17, 15) is 0 Å². The van der Waals surface area contributed by atoms with Gasteiger partial charge in [-0.2, -0.15) is 11.8 Å². The van der Waals surface area contributed by atoms with Crippen LogP contribution in [-0.2, 0) is 0 Å². The van der Waals surface area contributed by atoms with E-state index < -0.39 is 0 Å². The molecule has 0 aliphatic carbocycles. The lowest BCUT2D eigenvalue weighted by molar-refractivity contribution is 0.662. The van der Waals surface area contributed by atoms with Crippen LogP contribution in [0.4, 0.5) is 11.6 Å². The van der Waals surface area contributed by atoms with Crippen molar-refractivity contribution in [2.75, 3.05) is 35.8 Å². The molecule has 1 aromatic heterocycles. The number of nitrogens with zero attached hydrogens (tertiary/aromatic N) is 2. The van der Waals surface area contributed by atoms with Gasteiger partial charge in [-0.15, -0.1) is 0 Å². The first-order chi connectivity index (χ1) is 9.01. The highest BCUT2D eigenvalue weighted by molar-refractivity contribution is 7.98. The first-order valence-electron chi connectivity index (χ1n) is 6.32. The Morgan fingerprint density at radius 2 is 2.11 bits per heavy atom. The van der Waals surface area contributed by atoms with Crippen LogP contribution in [0.25, 0.3) is 0 Å². The maximum Gasteiger partial charge on any atom is 0.149 e. The molecule has 108 valence electrons. The van der Waals surface area contributed by atoms with Gasteiger partial charge in [-0.1, -0.05) is 23.2 Å². The van der Waals surface area contributed by atoms with Crippen LogP contribution in [0.3, 0.4) is 0 Å². The first kappa shape index (κ1) is 16.7. The van der Waals surface area contributed by atoms with E-state index in [1.165, 1.54) is 0 Å². The lowest BCUT2D eigenvalue weighted by Gasteiger charge is -2.27. The summed E-state index contributed by atoms with van der Waals surface area (Å²) in [5, 5.41) is 4.29. The predicted octanol–water partition coefficient (Wildman–Crippen LogP) is 4.40. The van der Waals surface area contributed by atoms with Crippen molar-refractivity contribution in [3.63, 3.8) is 0 Å². The summed E-state index contributed by atoms with van der Waals surface area (Å²) in [5.74, 6) is 2.58. The molecular formula is C13H21Cl2N3S. The zero-order valence-corrected chi connectivity index (χ0v) is 14.2. The second kappa shape index (κ2) is 8.08. The number of halogens is 2. The number of anilines is 2. The van der Waals surface area contributed by atoms with Gasteiger partial charge in [0.15, 0.2) is 0 Å². The number of nitrogens with one attached hydrogen (secondary N) is 1. The van der Waals surface area contributed by atoms with Crippen molar-refractivity contribution in [1.29, 1.82) is 0 Å². The lowest BCUT2D eigenvalue weighted by atomic mass is 10.2. The highest BCUT2D eigenvalue weighted by Gasteiger charge is 2.16. The minimum absolute atomic E-state index is 0.383. The molecule has 1 aromatic rings. The van der Waals surface area contributed by atoms with Gasteiger partial charge in [0.05, 0.1) is 10.0 Å². The highest BCUT2D eigenvalue weighted by Crippen LogP contribution is 2.32. The Kier molecular flexibility index (Phi) is 7.11. The standard InChI is InChI=1S/C13H21Cl2N3S/c1-5-16-12-10(14)8-11(15)13(17-12)18(3)9(2)6-7-19-4/h8-9H,5-7H2,1-4H3,(H,16,17). The van der Waals surface area contributed by atoms with Crippen LogP contribution in [0, 0.1) is 0 Å². The Balaban J connectivity index is 2.94. The number of pyridine rings is 1. The lowest BCUT2D eigenvalue weighted by Crippen LogP contribution is -2.30. The molecule has 0 amide bonds. The quantitative estimate of drug-likeness (QED) is 0.805. The van der Waals surface area contributed by atoms with Gasteiger partial charge in [-0.05, 0) is 38.3 Å². The van der Waals surface area contributed by atoms with E-state index in [2.05, 4.69) is 28.4 Å². The first-order valence-corrected chi connectivity index (χ1v) is 8.47. The van der Waals surface area contributed by atoms with Crippen LogP contribution in [-0.4, -0.2) is 36.6 Å². The summed E-state index contributed by atoms with van der Waals surface area (Å²) in [6.45, 7) is 4.96. The third kappa shape index (κ3) is 4.62. The molecule has 0 aliphatic rings. The van der Waals surface area contributed by atoms with Crippen LogP contribution in [0.2, 0.25) is 10.0 Å². The number of hydrogen-bond donors (Lipinski definition) is 1. The largest absolute Gasteiger partial charge is 0.369 e. The molecule has 3 nitrogen and oxygen atoms in total. The van der Waals surface area contributed by atoms with Gasteiger partial charge >= 0.3 is 0 Å². The fourth-order valence-electron chi connectivity index (χ4n) is 1.69. The summed E-state index contributed by atoms with van der Waals surface area (Å²) >= 11 is 14.2. The Morgan fingerprint density at radius 3 is 2.68 bits per heavy atom. The third-order valence-corrected chi connectivity index (χ3v) is 4.20. The van der Waals surface area contributed by atoms with Crippen molar-refractivity contribution in [1.82, 2.24) is 4.98 Å². The average Bonchev–Trinajstić information content (AvgIpc) is 2.38. The fraction of sp³-hybridized carbons (Fsp3) is 0.615. The van der Waals surface area contributed by atoms with Gasteiger partial charge in [0.2, 0.25) is 0 Å². The number of hydrogen-bond acceptors (Lipinski definition) is 4. The summed E-state index contributed by atoms with van der Waals surface area (Å²) in [4.78, 5) is 6.64. The molecule has 0 spiro atoms. The van der Waals surface area contributed by atoms with Gasteiger partial charge in [0.25, 0.3) is 0 Å². The van der Waals surface area contributed by atoms with Gasteiger partial charge in [0.1, 0.15) is 11.6 Å². The zero-order chi connectivity index (χ0) is 14.4. The molecule has 0 saturated carbocycles. The summed E-state index contributed by atoms with van der Waals surface area (Å²) in [5.41, 5.74) is 0. The van der Waals surface area contributed by atoms with Crippen molar-refractivity contribution >= 4 is 46.6 Å². The van der Waals surface area contributed by atoms with Crippen LogP contribution in [0.1, 0.15) is 20.3 Å². The van der Waals surface area contributed by atoms with Crippen molar-refractivity contribution < 1.29 is 0 Å². The number of rotatable bonds is 7. The van der Waals surface area contributed by atoms with E-state index >= 15 is 0 Å². The summed E-state index contributed by atoms with van der Waals surface area (Å²) in [7, 11) is 2.02. The van der Waals surface area contributed by atoms with E-state index in [1.54, 1.807) is 6.07 Å². The Labute approximate surface area is 130 Å². The van der Waals surface area contributed by atoms with E-state index in [-0.39, 0.29) is 0 Å². The SMILES string of the molecule is CCNc1nc(N(C)C(C)CCSC)c(Cl)cc1Cl. The molecule has 1 atom stereocenters. The van der Waals surface area contributed by atoms with Crippen molar-refractivity contribution in [2.24, 2.45) is 0 Å². The molecule has 0 aliphatic heterocycles. The van der Waals surface area contributed by atoms with E-state index in [0.29, 0.717) is 21.9 Å². The Bertz CT molecular complexity index is 415. The van der Waals surface area contributed by atoms with Crippen LogP contribution in [0.5, 0.6) is 0 Å². The Hall–Kier alpha value is -0.320. The van der Waals surface area contributed by atoms with Gasteiger partial charge < -0.3 is 10.2 Å². The van der Waals surface area contributed by atoms with Crippen LogP contribution in [0.15, 0.2) is 6.07 Å². The third-order valence-electron chi connectivity index (χ3n) is 2.99. The molecule has 0 bridgehead atoms. The smallest absolute Gasteiger partial charge is 0.149 e. The van der Waals surface area contributed by atoms with Gasteiger partial charge in [-0.25, -0.2) is 4.98 Å². The maximum atomic E-state index is 6.25. The molecule has 1 unspecified atom stereocenters. The minimum Gasteiger partial charge on any atom is -0.369 e. The maximum absolute atomic E-state index is 6.25. The molecule has 0 fully saturated rings. The molecule has 1 N–H and O–H groups in total. The van der Waals surface area contributed by atoms with Crippen molar-refractivity contribution in [2.45, 2.75) is 26.3 Å². The van der Waals surface area contributed by atoms with Crippen molar-refractivity contribution in [3.05, 3.63) is 16.1 Å². The van der Waals surface area contributed by atoms with E-state index in [0.717, 1.165) is 24.5 Å². The summed E-state index contributed by atoms with van der Waals surface area (Å²) in [6.07, 6.45) is 3.21. The topological polar surface area (TPSA) is 28.2 Å². The predicted molar refractivity (Wildman–Crippen MR) is 89.3 cm³/mol. The molecule has 0 radical (unpaired) electrons. The molecule has 0 aromatic carbocycles. The normalized spacial score (nSPS) is 12.3. The average molecular weight is 322 g/mol. The number of aromatic nitrogens is 1. The molecule has 1 heterocycles. The second-order valence-electron chi connectivity index (χ2n) is 4.40. The molecule has 0 saturated heterocycles. The summed E-state index contributed by atoms with van der Waals surface area (Å²) < 4.78 is 0. The molecular weight excluding hydrogens is 301 g/mol. The molecule has 19 heavy (non-hydrogen) atoms. The van der Waals surface area contributed by atoms with Crippen LogP contribution < -0.4 is 10.2 Å².